The number of hydrogen-bond acceptors (Lipinski definition) is 4. The van der Waals surface area contributed by atoms with Gasteiger partial charge in [0.2, 0.25) is 10.0 Å². The summed E-state index contributed by atoms with van der Waals surface area (Å²) in [6.45, 7) is 1.80. The van der Waals surface area contributed by atoms with Crippen LogP contribution in [0.2, 0.25) is 0 Å². The minimum atomic E-state index is -3.72. The van der Waals surface area contributed by atoms with E-state index in [1.54, 1.807) is 25.1 Å². The van der Waals surface area contributed by atoms with Crippen LogP contribution in [-0.2, 0) is 20.0 Å². The first-order valence-electron chi connectivity index (χ1n) is 6.34. The zero-order valence-corrected chi connectivity index (χ0v) is 13.7. The van der Waals surface area contributed by atoms with Crippen molar-refractivity contribution in [3.05, 3.63) is 54.1 Å². The molecule has 2 N–H and O–H groups in total. The minimum Gasteiger partial charge on any atom is -0.284 e. The molecule has 0 atom stereocenters. The summed E-state index contributed by atoms with van der Waals surface area (Å²) in [6.07, 6.45) is 1.03. The third-order valence-corrected chi connectivity index (χ3v) is 4.85. The van der Waals surface area contributed by atoms with Gasteiger partial charge < -0.3 is 0 Å². The minimum absolute atomic E-state index is 0.0507. The fourth-order valence-corrected chi connectivity index (χ4v) is 3.50. The Morgan fingerprint density at radius 2 is 1.41 bits per heavy atom. The molecule has 118 valence electrons. The predicted octanol–water partition coefficient (Wildman–Crippen LogP) is 2.17. The fraction of sp³-hybridized carbons (Fsp3) is 0.143. The van der Waals surface area contributed by atoms with Gasteiger partial charge in [0.05, 0.1) is 16.8 Å². The molecule has 0 radical (unpaired) electrons. The van der Waals surface area contributed by atoms with Crippen molar-refractivity contribution in [2.45, 2.75) is 11.8 Å². The molecule has 2 rings (SSSR count). The molecule has 0 saturated heterocycles. The average Bonchev–Trinajstić information content (AvgIpc) is 2.40. The van der Waals surface area contributed by atoms with Crippen LogP contribution in [0.25, 0.3) is 0 Å². The zero-order valence-electron chi connectivity index (χ0n) is 12.1. The van der Waals surface area contributed by atoms with E-state index in [9.17, 15) is 16.8 Å². The molecule has 8 heteroatoms. The summed E-state index contributed by atoms with van der Waals surface area (Å²) in [5.74, 6) is 0. The van der Waals surface area contributed by atoms with Crippen LogP contribution in [-0.4, -0.2) is 23.1 Å². The molecular weight excluding hydrogens is 324 g/mol. The van der Waals surface area contributed by atoms with Crippen molar-refractivity contribution in [1.82, 2.24) is 0 Å². The molecule has 0 unspecified atom stereocenters. The fourth-order valence-electron chi connectivity index (χ4n) is 1.81. The predicted molar refractivity (Wildman–Crippen MR) is 86.9 cm³/mol. The standard InChI is InChI=1S/C14H16N2O4S2/c1-11-5-3-4-6-14(11)16-22(19,20)13-9-7-12(8-10-13)15-21(2,17)18/h3-10,15-16H,1-2H3. The molecule has 0 saturated carbocycles. The number of nitrogens with one attached hydrogen (secondary N) is 2. The van der Waals surface area contributed by atoms with Gasteiger partial charge in [-0.25, -0.2) is 16.8 Å². The maximum absolute atomic E-state index is 12.3. The number of sulfonamides is 2. The Bertz CT molecular complexity index is 873. The lowest BCUT2D eigenvalue weighted by molar-refractivity contribution is 0.601. The van der Waals surface area contributed by atoms with Crippen LogP contribution in [0.1, 0.15) is 5.56 Å². The molecule has 0 aromatic heterocycles. The Balaban J connectivity index is 2.25. The number of para-hydroxylation sites is 1. The topological polar surface area (TPSA) is 92.3 Å². The van der Waals surface area contributed by atoms with E-state index in [0.29, 0.717) is 11.4 Å². The van der Waals surface area contributed by atoms with E-state index in [4.69, 9.17) is 0 Å². The summed E-state index contributed by atoms with van der Waals surface area (Å²) >= 11 is 0. The number of hydrogen-bond donors (Lipinski definition) is 2. The van der Waals surface area contributed by atoms with E-state index in [2.05, 4.69) is 9.44 Å². The van der Waals surface area contributed by atoms with Crippen LogP contribution in [0.15, 0.2) is 53.4 Å². The van der Waals surface area contributed by atoms with Gasteiger partial charge in [0.25, 0.3) is 10.0 Å². The van der Waals surface area contributed by atoms with Gasteiger partial charge in [0.15, 0.2) is 0 Å². The smallest absolute Gasteiger partial charge is 0.261 e. The lowest BCUT2D eigenvalue weighted by Gasteiger charge is -2.11. The molecule has 0 fully saturated rings. The van der Waals surface area contributed by atoms with Crippen molar-refractivity contribution in [3.63, 3.8) is 0 Å². The largest absolute Gasteiger partial charge is 0.284 e. The van der Waals surface area contributed by atoms with E-state index in [-0.39, 0.29) is 4.90 Å². The molecule has 0 heterocycles. The van der Waals surface area contributed by atoms with Crippen molar-refractivity contribution >= 4 is 31.4 Å². The van der Waals surface area contributed by atoms with Crippen LogP contribution in [0, 0.1) is 6.92 Å². The third-order valence-electron chi connectivity index (χ3n) is 2.86. The van der Waals surface area contributed by atoms with Crippen molar-refractivity contribution in [3.8, 4) is 0 Å². The second-order valence-electron chi connectivity index (χ2n) is 4.82. The summed E-state index contributed by atoms with van der Waals surface area (Å²) in [6, 6.07) is 12.5. The summed E-state index contributed by atoms with van der Waals surface area (Å²) in [4.78, 5) is 0.0507. The van der Waals surface area contributed by atoms with Gasteiger partial charge >= 0.3 is 0 Å². The maximum atomic E-state index is 12.3. The quantitative estimate of drug-likeness (QED) is 0.872. The first-order chi connectivity index (χ1) is 10.2. The highest BCUT2D eigenvalue weighted by atomic mass is 32.2. The van der Waals surface area contributed by atoms with Gasteiger partial charge in [-0.1, -0.05) is 18.2 Å². The molecule has 0 aliphatic heterocycles. The highest BCUT2D eigenvalue weighted by Gasteiger charge is 2.15. The second kappa shape index (κ2) is 5.98. The number of rotatable bonds is 5. The first-order valence-corrected chi connectivity index (χ1v) is 9.71. The number of aryl methyl sites for hydroxylation is 1. The Labute approximate surface area is 130 Å². The summed E-state index contributed by atoms with van der Waals surface area (Å²) < 4.78 is 51.6. The normalized spacial score (nSPS) is 11.9. The van der Waals surface area contributed by atoms with Crippen molar-refractivity contribution < 1.29 is 16.8 Å². The van der Waals surface area contributed by atoms with Crippen LogP contribution >= 0.6 is 0 Å². The van der Waals surface area contributed by atoms with Crippen LogP contribution in [0.3, 0.4) is 0 Å². The van der Waals surface area contributed by atoms with Crippen molar-refractivity contribution in [2.75, 3.05) is 15.7 Å². The summed E-state index contributed by atoms with van der Waals surface area (Å²) in [5, 5.41) is 0. The van der Waals surface area contributed by atoms with Crippen LogP contribution in [0.5, 0.6) is 0 Å². The van der Waals surface area contributed by atoms with E-state index in [1.807, 2.05) is 6.07 Å². The van der Waals surface area contributed by atoms with Gasteiger partial charge in [0.1, 0.15) is 0 Å². The molecule has 2 aromatic carbocycles. The van der Waals surface area contributed by atoms with Crippen LogP contribution in [0.4, 0.5) is 11.4 Å². The van der Waals surface area contributed by atoms with E-state index in [0.717, 1.165) is 11.8 Å². The van der Waals surface area contributed by atoms with Gasteiger partial charge in [-0.05, 0) is 42.8 Å². The molecule has 0 bridgehead atoms. The van der Waals surface area contributed by atoms with E-state index in [1.165, 1.54) is 24.3 Å². The Hall–Kier alpha value is -2.06. The zero-order chi connectivity index (χ0) is 16.4. The number of anilines is 2. The first kappa shape index (κ1) is 16.3. The SMILES string of the molecule is Cc1ccccc1NS(=O)(=O)c1ccc(NS(C)(=O)=O)cc1. The maximum Gasteiger partial charge on any atom is 0.261 e. The monoisotopic (exact) mass is 340 g/mol. The van der Waals surface area contributed by atoms with Crippen LogP contribution < -0.4 is 9.44 Å². The summed E-state index contributed by atoms with van der Waals surface area (Å²) in [5.41, 5.74) is 1.61. The third kappa shape index (κ3) is 4.22. The Morgan fingerprint density at radius 1 is 0.818 bits per heavy atom. The number of benzene rings is 2. The highest BCUT2D eigenvalue weighted by molar-refractivity contribution is 7.92. The average molecular weight is 340 g/mol. The molecule has 0 amide bonds. The van der Waals surface area contributed by atoms with Gasteiger partial charge in [-0.3, -0.25) is 9.44 Å². The second-order valence-corrected chi connectivity index (χ2v) is 8.25. The van der Waals surface area contributed by atoms with E-state index < -0.39 is 20.0 Å². The lowest BCUT2D eigenvalue weighted by Crippen LogP contribution is -2.14. The molecule has 22 heavy (non-hydrogen) atoms. The van der Waals surface area contributed by atoms with Gasteiger partial charge in [-0.15, -0.1) is 0 Å². The Morgan fingerprint density at radius 3 is 1.95 bits per heavy atom. The summed E-state index contributed by atoms with van der Waals surface area (Å²) in [7, 11) is -7.12. The molecule has 0 aliphatic rings. The Kier molecular flexibility index (Phi) is 4.43. The van der Waals surface area contributed by atoms with Crippen molar-refractivity contribution in [2.24, 2.45) is 0 Å². The molecule has 2 aromatic rings. The molecule has 6 nitrogen and oxygen atoms in total. The highest BCUT2D eigenvalue weighted by Crippen LogP contribution is 2.20. The van der Waals surface area contributed by atoms with Gasteiger partial charge in [0, 0.05) is 5.69 Å². The van der Waals surface area contributed by atoms with E-state index >= 15 is 0 Å². The molecule has 0 aliphatic carbocycles. The molecular formula is C14H16N2O4S2. The van der Waals surface area contributed by atoms with Crippen molar-refractivity contribution in [1.29, 1.82) is 0 Å². The molecule has 0 spiro atoms. The van der Waals surface area contributed by atoms with Gasteiger partial charge in [-0.2, -0.15) is 0 Å². The lowest BCUT2D eigenvalue weighted by atomic mass is 10.2.